The third-order valence-corrected chi connectivity index (χ3v) is 9.25. The van der Waals surface area contributed by atoms with E-state index in [1.807, 2.05) is 56.1 Å². The number of Topliss-reactive ketones (excluding diaryl/α,β-unsaturated/α-hetero) is 1. The van der Waals surface area contributed by atoms with Gasteiger partial charge in [0.15, 0.2) is 5.78 Å². The van der Waals surface area contributed by atoms with Gasteiger partial charge < -0.3 is 9.67 Å². The van der Waals surface area contributed by atoms with E-state index < -0.39 is 11.4 Å². The third-order valence-electron chi connectivity index (χ3n) is 9.25. The molecule has 4 fully saturated rings. The number of carboxylic acids is 1. The highest BCUT2D eigenvalue weighted by Gasteiger charge is 2.80. The zero-order chi connectivity index (χ0) is 24.7. The van der Waals surface area contributed by atoms with E-state index in [1.165, 1.54) is 0 Å². The van der Waals surface area contributed by atoms with Gasteiger partial charge in [0.05, 0.1) is 29.4 Å². The number of carboxylic acid groups (broad SMARTS) is 1. The maximum absolute atomic E-state index is 13.7. The van der Waals surface area contributed by atoms with E-state index in [2.05, 4.69) is 26.8 Å². The molecule has 1 aromatic carbocycles. The molecule has 8 rings (SSSR count). The predicted octanol–water partition coefficient (Wildman–Crippen LogP) is 5.09. The van der Waals surface area contributed by atoms with E-state index in [0.29, 0.717) is 13.0 Å². The number of aryl methyl sites for hydroxylation is 1. The van der Waals surface area contributed by atoms with Crippen LogP contribution in [0.15, 0.2) is 61.2 Å². The maximum Gasteiger partial charge on any atom is 0.309 e. The van der Waals surface area contributed by atoms with Crippen molar-refractivity contribution in [2.75, 3.05) is 0 Å². The minimum atomic E-state index is -0.656. The van der Waals surface area contributed by atoms with Crippen LogP contribution in [0.5, 0.6) is 0 Å². The third kappa shape index (κ3) is 2.98. The smallest absolute Gasteiger partial charge is 0.309 e. The van der Waals surface area contributed by atoms with Gasteiger partial charge in [-0.05, 0) is 61.1 Å². The van der Waals surface area contributed by atoms with Gasteiger partial charge in [0.2, 0.25) is 0 Å². The van der Waals surface area contributed by atoms with Crippen LogP contribution in [0.25, 0.3) is 22.0 Å². The summed E-state index contributed by atoms with van der Waals surface area (Å²) >= 11 is 0. The first-order chi connectivity index (χ1) is 17.3. The Bertz CT molecular complexity index is 1520. The first-order valence-corrected chi connectivity index (χ1v) is 12.6. The summed E-state index contributed by atoms with van der Waals surface area (Å²) in [6.07, 6.45) is 12.6. The normalized spacial score (nSPS) is 25.2. The summed E-state index contributed by atoms with van der Waals surface area (Å²) in [4.78, 5) is 30.0. The lowest BCUT2D eigenvalue weighted by Gasteiger charge is -2.72. The molecular formula is C29H28N4O3. The molecule has 4 aromatic rings. The molecule has 4 aliphatic carbocycles. The number of aliphatic carboxylic acids is 1. The molecule has 0 spiro atoms. The van der Waals surface area contributed by atoms with E-state index >= 15 is 0 Å². The van der Waals surface area contributed by atoms with Crippen LogP contribution in [-0.2, 0) is 18.4 Å². The van der Waals surface area contributed by atoms with Gasteiger partial charge in [-0.3, -0.25) is 19.3 Å². The lowest BCUT2D eigenvalue weighted by atomic mass is 9.30. The summed E-state index contributed by atoms with van der Waals surface area (Å²) in [6.45, 7) is 0.581. The molecule has 0 aliphatic heterocycles. The number of fused-ring (bicyclic) bond motifs is 1. The zero-order valence-corrected chi connectivity index (χ0v) is 20.3. The maximum atomic E-state index is 13.7. The number of rotatable bonds is 8. The highest BCUT2D eigenvalue weighted by molar-refractivity contribution is 6.07. The molecule has 0 saturated heterocycles. The second kappa shape index (κ2) is 7.15. The molecule has 0 unspecified atom stereocenters. The molecule has 1 N–H and O–H groups in total. The number of carbonyl (C=O) groups is 2. The number of carbonyl (C=O) groups excluding carboxylic acids is 1. The second-order valence-corrected chi connectivity index (χ2v) is 11.4. The Kier molecular flexibility index (Phi) is 4.28. The van der Waals surface area contributed by atoms with Crippen molar-refractivity contribution in [2.45, 2.75) is 45.1 Å². The number of hydrogen-bond donors (Lipinski definition) is 1. The van der Waals surface area contributed by atoms with Crippen LogP contribution < -0.4 is 0 Å². The summed E-state index contributed by atoms with van der Waals surface area (Å²) in [5.74, 6) is -0.483. The van der Waals surface area contributed by atoms with Crippen LogP contribution in [0, 0.1) is 16.2 Å². The lowest BCUT2D eigenvalue weighted by molar-refractivity contribution is -0.248. The van der Waals surface area contributed by atoms with E-state index in [9.17, 15) is 14.7 Å². The van der Waals surface area contributed by atoms with Crippen LogP contribution >= 0.6 is 0 Å². The Morgan fingerprint density at radius 1 is 1.03 bits per heavy atom. The molecule has 7 heteroatoms. The van der Waals surface area contributed by atoms with Crippen LogP contribution in [-0.4, -0.2) is 36.2 Å². The fraction of sp³-hybridized carbons (Fsp3) is 0.379. The minimum absolute atomic E-state index is 0.00452. The summed E-state index contributed by atoms with van der Waals surface area (Å²) in [5, 5.41) is 14.8. The highest BCUT2D eigenvalue weighted by Crippen LogP contribution is 2.85. The average Bonchev–Trinajstić information content (AvgIpc) is 3.23. The topological polar surface area (TPSA) is 90.0 Å². The molecule has 0 amide bonds. The second-order valence-electron chi connectivity index (χ2n) is 11.4. The van der Waals surface area contributed by atoms with Crippen molar-refractivity contribution >= 4 is 22.7 Å². The fourth-order valence-corrected chi connectivity index (χ4v) is 7.08. The molecule has 0 radical (unpaired) electrons. The van der Waals surface area contributed by atoms with Crippen LogP contribution in [0.4, 0.5) is 0 Å². The average molecular weight is 481 g/mol. The molecule has 4 aliphatic rings. The van der Waals surface area contributed by atoms with Crippen molar-refractivity contribution in [3.8, 4) is 11.1 Å². The molecular weight excluding hydrogens is 452 g/mol. The van der Waals surface area contributed by atoms with E-state index in [-0.39, 0.29) is 16.6 Å². The van der Waals surface area contributed by atoms with Crippen molar-refractivity contribution in [3.63, 3.8) is 0 Å². The lowest BCUT2D eigenvalue weighted by Crippen LogP contribution is -2.69. The number of nitrogens with zero attached hydrogens (tertiary/aromatic N) is 4. The molecule has 182 valence electrons. The number of benzene rings is 1. The van der Waals surface area contributed by atoms with Gasteiger partial charge in [-0.1, -0.05) is 18.2 Å². The van der Waals surface area contributed by atoms with Crippen molar-refractivity contribution < 1.29 is 14.7 Å². The SMILES string of the molecule is Cn1cc(-c2ccc(Cn3ccc4cccc(C(=O)CC5(C67CC(C(=O)O)(C6)C7)CC5)c43)nc2)cn1. The molecule has 7 nitrogen and oxygen atoms in total. The highest BCUT2D eigenvalue weighted by atomic mass is 16.4. The van der Waals surface area contributed by atoms with Crippen molar-refractivity contribution in [2.24, 2.45) is 23.3 Å². The standard InChI is InChI=1S/C29H28N4O3/c1-32-14-21(13-31-32)20-5-6-22(30-12-20)15-33-10-7-19-3-2-4-23(25(19)33)24(34)11-28(8-9-28)29-16-27(17-29,18-29)26(35)36/h2-7,10,12-14H,8-9,11,15-18H2,1H3,(H,35,36). The molecule has 3 heterocycles. The minimum Gasteiger partial charge on any atom is -0.481 e. The van der Waals surface area contributed by atoms with Crippen molar-refractivity contribution in [1.29, 1.82) is 0 Å². The molecule has 3 aromatic heterocycles. The van der Waals surface area contributed by atoms with Gasteiger partial charge in [-0.15, -0.1) is 0 Å². The van der Waals surface area contributed by atoms with E-state index in [4.69, 9.17) is 0 Å². The van der Waals surface area contributed by atoms with Crippen LogP contribution in [0.2, 0.25) is 0 Å². The zero-order valence-electron chi connectivity index (χ0n) is 20.3. The van der Waals surface area contributed by atoms with Crippen LogP contribution in [0.1, 0.15) is 54.6 Å². The molecule has 0 atom stereocenters. The number of ketones is 1. The molecule has 4 saturated carbocycles. The number of hydrogen-bond acceptors (Lipinski definition) is 4. The Balaban J connectivity index is 1.13. The molecule has 2 bridgehead atoms. The Labute approximate surface area is 208 Å². The van der Waals surface area contributed by atoms with Gasteiger partial charge in [0.1, 0.15) is 0 Å². The quantitative estimate of drug-likeness (QED) is 0.355. The Hall–Kier alpha value is -3.74. The predicted molar refractivity (Wildman–Crippen MR) is 134 cm³/mol. The first-order valence-electron chi connectivity index (χ1n) is 12.6. The van der Waals surface area contributed by atoms with Crippen molar-refractivity contribution in [3.05, 3.63) is 72.4 Å². The number of aromatic nitrogens is 4. The summed E-state index contributed by atoms with van der Waals surface area (Å²) in [5.41, 5.74) is 4.28. The van der Waals surface area contributed by atoms with Gasteiger partial charge in [-0.25, -0.2) is 0 Å². The monoisotopic (exact) mass is 480 g/mol. The first kappa shape index (κ1) is 21.5. The fourth-order valence-electron chi connectivity index (χ4n) is 7.08. The summed E-state index contributed by atoms with van der Waals surface area (Å²) in [7, 11) is 1.90. The Morgan fingerprint density at radius 2 is 1.83 bits per heavy atom. The van der Waals surface area contributed by atoms with Gasteiger partial charge in [0.25, 0.3) is 0 Å². The van der Waals surface area contributed by atoms with Gasteiger partial charge >= 0.3 is 5.97 Å². The van der Waals surface area contributed by atoms with Gasteiger partial charge in [-0.2, -0.15) is 5.10 Å². The molecule has 36 heavy (non-hydrogen) atoms. The summed E-state index contributed by atoms with van der Waals surface area (Å²) < 4.78 is 3.90. The number of pyridine rings is 1. The van der Waals surface area contributed by atoms with E-state index in [1.54, 1.807) is 4.68 Å². The summed E-state index contributed by atoms with van der Waals surface area (Å²) in [6, 6.07) is 12.1. The van der Waals surface area contributed by atoms with Crippen LogP contribution in [0.3, 0.4) is 0 Å². The largest absolute Gasteiger partial charge is 0.481 e. The van der Waals surface area contributed by atoms with Gasteiger partial charge in [0, 0.05) is 54.1 Å². The Morgan fingerprint density at radius 3 is 2.47 bits per heavy atom. The van der Waals surface area contributed by atoms with Crippen molar-refractivity contribution in [1.82, 2.24) is 19.3 Å². The van der Waals surface area contributed by atoms with E-state index in [0.717, 1.165) is 65.4 Å². The number of para-hydroxylation sites is 1.